The number of aromatic nitrogens is 1. The Morgan fingerprint density at radius 2 is 2.00 bits per heavy atom. The zero-order valence-corrected chi connectivity index (χ0v) is 23.6. The van der Waals surface area contributed by atoms with Crippen LogP contribution >= 0.6 is 22.7 Å². The summed E-state index contributed by atoms with van der Waals surface area (Å²) in [6.45, 7) is 11.6. The molecule has 2 amide bonds. The highest BCUT2D eigenvalue weighted by Gasteiger charge is 2.32. The number of benzene rings is 1. The van der Waals surface area contributed by atoms with E-state index in [9.17, 15) is 9.59 Å². The van der Waals surface area contributed by atoms with Gasteiger partial charge in [0.15, 0.2) is 0 Å². The fourth-order valence-corrected chi connectivity index (χ4v) is 6.60. The van der Waals surface area contributed by atoms with Gasteiger partial charge in [-0.3, -0.25) is 4.79 Å². The van der Waals surface area contributed by atoms with Crippen molar-refractivity contribution in [2.75, 3.05) is 25.0 Å². The van der Waals surface area contributed by atoms with Gasteiger partial charge >= 0.3 is 6.09 Å². The SMILES string of the molecule is CCC(C)NCCC(=O)N(C)c1sc2c(c1-c1nc3ccccc3s1)CCN(C(=O)OC(C)(C)C)C2. The number of hydrogen-bond acceptors (Lipinski definition) is 7. The molecule has 36 heavy (non-hydrogen) atoms. The van der Waals surface area contributed by atoms with Crippen LogP contribution in [0.1, 0.15) is 57.9 Å². The van der Waals surface area contributed by atoms with E-state index in [0.29, 0.717) is 38.5 Å². The molecule has 9 heteroatoms. The Morgan fingerprint density at radius 1 is 1.25 bits per heavy atom. The number of nitrogens with one attached hydrogen (secondary N) is 1. The van der Waals surface area contributed by atoms with Crippen LogP contribution in [0.5, 0.6) is 0 Å². The molecule has 0 spiro atoms. The number of ether oxygens (including phenoxy) is 1. The maximum atomic E-state index is 13.2. The largest absolute Gasteiger partial charge is 0.444 e. The molecule has 1 unspecified atom stereocenters. The number of thiophene rings is 1. The van der Waals surface area contributed by atoms with E-state index in [1.807, 2.05) is 46.0 Å². The van der Waals surface area contributed by atoms with Gasteiger partial charge in [0, 0.05) is 43.0 Å². The summed E-state index contributed by atoms with van der Waals surface area (Å²) in [4.78, 5) is 35.5. The minimum absolute atomic E-state index is 0.0655. The van der Waals surface area contributed by atoms with E-state index < -0.39 is 5.60 Å². The van der Waals surface area contributed by atoms with Crippen molar-refractivity contribution in [1.29, 1.82) is 0 Å². The summed E-state index contributed by atoms with van der Waals surface area (Å²) >= 11 is 3.24. The van der Waals surface area contributed by atoms with Gasteiger partial charge in [-0.2, -0.15) is 0 Å². The average molecular weight is 529 g/mol. The number of nitrogens with zero attached hydrogens (tertiary/aromatic N) is 3. The van der Waals surface area contributed by atoms with Crippen LogP contribution in [0.25, 0.3) is 20.8 Å². The lowest BCUT2D eigenvalue weighted by molar-refractivity contribution is -0.118. The molecule has 1 atom stereocenters. The lowest BCUT2D eigenvalue weighted by Gasteiger charge is -2.30. The van der Waals surface area contributed by atoms with Crippen molar-refractivity contribution in [2.24, 2.45) is 0 Å². The summed E-state index contributed by atoms with van der Waals surface area (Å²) in [6.07, 6.45) is 1.85. The van der Waals surface area contributed by atoms with Crippen molar-refractivity contribution in [3.8, 4) is 10.6 Å². The molecule has 1 N–H and O–H groups in total. The number of fused-ring (bicyclic) bond motifs is 2. The highest BCUT2D eigenvalue weighted by atomic mass is 32.1. The lowest BCUT2D eigenvalue weighted by atomic mass is 10.0. The first kappa shape index (κ1) is 26.6. The van der Waals surface area contributed by atoms with E-state index in [-0.39, 0.29) is 12.0 Å². The van der Waals surface area contributed by atoms with Gasteiger partial charge in [0.2, 0.25) is 5.91 Å². The van der Waals surface area contributed by atoms with Gasteiger partial charge in [-0.05, 0) is 58.2 Å². The fourth-order valence-electron chi connectivity index (χ4n) is 4.16. The normalized spacial score (nSPS) is 14.6. The number of thiazole rings is 1. The van der Waals surface area contributed by atoms with Crippen molar-refractivity contribution in [1.82, 2.24) is 15.2 Å². The minimum atomic E-state index is -0.542. The van der Waals surface area contributed by atoms with Crippen LogP contribution < -0.4 is 10.2 Å². The van der Waals surface area contributed by atoms with Gasteiger partial charge in [-0.25, -0.2) is 9.78 Å². The van der Waals surface area contributed by atoms with Gasteiger partial charge in [-0.15, -0.1) is 22.7 Å². The van der Waals surface area contributed by atoms with Gasteiger partial charge < -0.3 is 19.9 Å². The van der Waals surface area contributed by atoms with Crippen LogP contribution in [0.3, 0.4) is 0 Å². The second kappa shape index (κ2) is 10.9. The van der Waals surface area contributed by atoms with Crippen LogP contribution in [0.2, 0.25) is 0 Å². The number of hydrogen-bond donors (Lipinski definition) is 1. The number of rotatable bonds is 7. The highest BCUT2D eigenvalue weighted by Crippen LogP contribution is 2.47. The molecule has 1 aliphatic rings. The van der Waals surface area contributed by atoms with Crippen LogP contribution in [-0.2, 0) is 22.5 Å². The quantitative estimate of drug-likeness (QED) is 0.404. The average Bonchev–Trinajstić information content (AvgIpc) is 3.42. The molecule has 4 rings (SSSR count). The number of amides is 2. The first-order valence-electron chi connectivity index (χ1n) is 12.6. The van der Waals surface area contributed by atoms with E-state index in [1.165, 1.54) is 5.56 Å². The Balaban J connectivity index is 1.66. The summed E-state index contributed by atoms with van der Waals surface area (Å²) in [5.74, 6) is 0.0655. The first-order chi connectivity index (χ1) is 17.1. The number of anilines is 1. The fraction of sp³-hybridized carbons (Fsp3) is 0.519. The molecule has 194 valence electrons. The predicted octanol–water partition coefficient (Wildman–Crippen LogP) is 6.06. The predicted molar refractivity (Wildman–Crippen MR) is 149 cm³/mol. The van der Waals surface area contributed by atoms with E-state index >= 15 is 0 Å². The Hall–Kier alpha value is -2.49. The zero-order valence-electron chi connectivity index (χ0n) is 22.0. The van der Waals surface area contributed by atoms with Gasteiger partial charge in [0.25, 0.3) is 0 Å². The molecular weight excluding hydrogens is 492 g/mol. The maximum absolute atomic E-state index is 13.2. The van der Waals surface area contributed by atoms with Gasteiger partial charge in [-0.1, -0.05) is 19.1 Å². The monoisotopic (exact) mass is 528 g/mol. The van der Waals surface area contributed by atoms with E-state index in [1.54, 1.807) is 32.5 Å². The lowest BCUT2D eigenvalue weighted by Crippen LogP contribution is -2.39. The molecule has 0 saturated carbocycles. The first-order valence-corrected chi connectivity index (χ1v) is 14.2. The van der Waals surface area contributed by atoms with E-state index in [0.717, 1.165) is 37.1 Å². The second-order valence-electron chi connectivity index (χ2n) is 10.3. The Bertz CT molecular complexity index is 1210. The molecule has 7 nitrogen and oxygen atoms in total. The highest BCUT2D eigenvalue weighted by molar-refractivity contribution is 7.23. The van der Waals surface area contributed by atoms with Crippen molar-refractivity contribution in [2.45, 2.75) is 72.1 Å². The third-order valence-corrected chi connectivity index (χ3v) is 8.67. The van der Waals surface area contributed by atoms with Gasteiger partial charge in [0.05, 0.1) is 16.8 Å². The Labute approximate surface area is 221 Å². The molecule has 1 aromatic carbocycles. The summed E-state index contributed by atoms with van der Waals surface area (Å²) in [5.41, 5.74) is 2.64. The molecular formula is C27H36N4O3S2. The van der Waals surface area contributed by atoms with Crippen molar-refractivity contribution in [3.05, 3.63) is 34.7 Å². The zero-order chi connectivity index (χ0) is 26.0. The standard InChI is InChI=1S/C27H36N4O3S2/c1-7-17(2)28-14-12-22(32)30(6)25-23(24-29-19-10-8-9-11-20(19)35-24)18-13-15-31(16-21(18)36-25)26(33)34-27(3,4)5/h8-11,17,28H,7,12-16H2,1-6H3. The molecule has 3 aromatic rings. The molecule has 0 fully saturated rings. The van der Waals surface area contributed by atoms with E-state index in [4.69, 9.17) is 9.72 Å². The molecule has 0 aliphatic carbocycles. The third kappa shape index (κ3) is 5.90. The summed E-state index contributed by atoms with van der Waals surface area (Å²) < 4.78 is 6.74. The summed E-state index contributed by atoms with van der Waals surface area (Å²) in [7, 11) is 1.85. The van der Waals surface area contributed by atoms with Crippen LogP contribution in [0, 0.1) is 0 Å². The molecule has 2 aromatic heterocycles. The van der Waals surface area contributed by atoms with Crippen molar-refractivity contribution in [3.63, 3.8) is 0 Å². The van der Waals surface area contributed by atoms with Crippen molar-refractivity contribution >= 4 is 49.9 Å². The Kier molecular flexibility index (Phi) is 8.02. The smallest absolute Gasteiger partial charge is 0.410 e. The third-order valence-electron chi connectivity index (χ3n) is 6.32. The van der Waals surface area contributed by atoms with Gasteiger partial charge in [0.1, 0.15) is 15.6 Å². The van der Waals surface area contributed by atoms with Crippen LogP contribution in [0.15, 0.2) is 24.3 Å². The molecule has 3 heterocycles. The molecule has 0 radical (unpaired) electrons. The van der Waals surface area contributed by atoms with Crippen LogP contribution in [0.4, 0.5) is 9.80 Å². The molecule has 0 bridgehead atoms. The summed E-state index contributed by atoms with van der Waals surface area (Å²) in [5, 5.41) is 5.23. The van der Waals surface area contributed by atoms with Crippen LogP contribution in [-0.4, -0.2) is 53.7 Å². The maximum Gasteiger partial charge on any atom is 0.410 e. The number of carbonyl (C=O) groups is 2. The van der Waals surface area contributed by atoms with Crippen molar-refractivity contribution < 1.29 is 14.3 Å². The second-order valence-corrected chi connectivity index (χ2v) is 12.4. The number of para-hydroxylation sites is 1. The topological polar surface area (TPSA) is 74.8 Å². The molecule has 0 saturated heterocycles. The molecule has 1 aliphatic heterocycles. The number of carbonyl (C=O) groups excluding carboxylic acids is 2. The minimum Gasteiger partial charge on any atom is -0.444 e. The van der Waals surface area contributed by atoms with E-state index in [2.05, 4.69) is 25.2 Å². The Morgan fingerprint density at radius 3 is 2.69 bits per heavy atom. The summed E-state index contributed by atoms with van der Waals surface area (Å²) in [6, 6.07) is 8.50.